The number of aliphatic hydroxyl groups is 1. The summed E-state index contributed by atoms with van der Waals surface area (Å²) < 4.78 is 19.8. The molecule has 9 heteroatoms. The molecule has 2 heterocycles. The van der Waals surface area contributed by atoms with Crippen molar-refractivity contribution < 1.29 is 24.1 Å². The minimum absolute atomic E-state index is 0.0579. The third-order valence-corrected chi connectivity index (χ3v) is 7.22. The molecule has 2 aromatic carbocycles. The SMILES string of the molecule is CCc1nccn1CCCOc1cc(CN2CCN(C(C)=O)CC(O)(COc3ccc(C)cc3)C2)ccc1OC. The number of ether oxygens (including phenoxy) is 3. The minimum Gasteiger partial charge on any atom is -0.493 e. The van der Waals surface area contributed by atoms with Gasteiger partial charge in [0.15, 0.2) is 11.5 Å². The Morgan fingerprint density at radius 3 is 2.60 bits per heavy atom. The van der Waals surface area contributed by atoms with Gasteiger partial charge in [0.05, 0.1) is 20.3 Å². The van der Waals surface area contributed by atoms with Crippen molar-refractivity contribution in [3.05, 3.63) is 71.8 Å². The molecule has 3 aromatic rings. The monoisotopic (exact) mass is 550 g/mol. The van der Waals surface area contributed by atoms with E-state index < -0.39 is 5.60 Å². The molecule has 1 N–H and O–H groups in total. The Morgan fingerprint density at radius 1 is 1.07 bits per heavy atom. The third kappa shape index (κ3) is 7.99. The normalized spacial score (nSPS) is 17.9. The van der Waals surface area contributed by atoms with Crippen molar-refractivity contribution in [3.8, 4) is 17.2 Å². The van der Waals surface area contributed by atoms with Crippen molar-refractivity contribution in [1.82, 2.24) is 19.4 Å². The fraction of sp³-hybridized carbons (Fsp3) is 0.484. The Morgan fingerprint density at radius 2 is 1.88 bits per heavy atom. The standard InChI is InChI=1S/C31H42N4O5/c1-5-30-32-13-15-34(30)14-6-18-39-29-19-26(9-12-28(29)38-4)20-33-16-17-35(25(3)36)22-31(37,21-33)23-40-27-10-7-24(2)8-11-27/h7-13,15,19,37H,5-6,14,16-18,20-23H2,1-4H3. The first-order chi connectivity index (χ1) is 19.3. The Bertz CT molecular complexity index is 1240. The van der Waals surface area contributed by atoms with Crippen LogP contribution in [0.1, 0.15) is 37.2 Å². The number of methoxy groups -OCH3 is 1. The van der Waals surface area contributed by atoms with Crippen LogP contribution in [0.3, 0.4) is 0 Å². The van der Waals surface area contributed by atoms with Gasteiger partial charge in [-0.2, -0.15) is 0 Å². The summed E-state index contributed by atoms with van der Waals surface area (Å²) in [4.78, 5) is 20.5. The molecule has 1 fully saturated rings. The number of imidazole rings is 1. The Balaban J connectivity index is 1.41. The van der Waals surface area contributed by atoms with Crippen molar-refractivity contribution in [2.24, 2.45) is 0 Å². The number of hydrogen-bond acceptors (Lipinski definition) is 7. The van der Waals surface area contributed by atoms with Crippen LogP contribution in [0.2, 0.25) is 0 Å². The number of benzene rings is 2. The average Bonchev–Trinajstić information content (AvgIpc) is 3.33. The van der Waals surface area contributed by atoms with Crippen LogP contribution in [-0.4, -0.2) is 82.5 Å². The van der Waals surface area contributed by atoms with E-state index in [0.717, 1.165) is 36.3 Å². The van der Waals surface area contributed by atoms with Crippen molar-refractivity contribution in [2.75, 3.05) is 46.5 Å². The molecule has 1 aliphatic heterocycles. The van der Waals surface area contributed by atoms with Gasteiger partial charge in [0.1, 0.15) is 23.8 Å². The fourth-order valence-corrected chi connectivity index (χ4v) is 5.05. The Hall–Kier alpha value is -3.56. The van der Waals surface area contributed by atoms with Gasteiger partial charge in [0.2, 0.25) is 5.91 Å². The van der Waals surface area contributed by atoms with E-state index in [1.165, 1.54) is 0 Å². The van der Waals surface area contributed by atoms with Gasteiger partial charge < -0.3 is 28.8 Å². The van der Waals surface area contributed by atoms with Gasteiger partial charge in [0.25, 0.3) is 0 Å². The molecule has 1 aromatic heterocycles. The van der Waals surface area contributed by atoms with Gasteiger partial charge in [-0.1, -0.05) is 30.7 Å². The van der Waals surface area contributed by atoms with Gasteiger partial charge in [-0.15, -0.1) is 0 Å². The summed E-state index contributed by atoms with van der Waals surface area (Å²) in [5, 5.41) is 11.6. The van der Waals surface area contributed by atoms with Crippen LogP contribution < -0.4 is 14.2 Å². The summed E-state index contributed by atoms with van der Waals surface area (Å²) >= 11 is 0. The number of β-amino-alcohol motifs (C(OH)–C–C–N with tert-alkyl or cyclic N) is 1. The lowest BCUT2D eigenvalue weighted by Gasteiger charge is -2.32. The number of carbonyl (C=O) groups is 1. The minimum atomic E-state index is -1.22. The van der Waals surface area contributed by atoms with E-state index in [9.17, 15) is 9.90 Å². The molecule has 1 unspecified atom stereocenters. The summed E-state index contributed by atoms with van der Waals surface area (Å²) in [6, 6.07) is 13.7. The first-order valence-electron chi connectivity index (χ1n) is 14.0. The maximum absolute atomic E-state index is 12.3. The maximum atomic E-state index is 12.3. The van der Waals surface area contributed by atoms with Gasteiger partial charge in [-0.25, -0.2) is 4.98 Å². The zero-order valence-corrected chi connectivity index (χ0v) is 24.1. The lowest BCUT2D eigenvalue weighted by atomic mass is 10.0. The summed E-state index contributed by atoms with van der Waals surface area (Å²) in [6.45, 7) is 9.50. The smallest absolute Gasteiger partial charge is 0.219 e. The molecule has 1 atom stereocenters. The van der Waals surface area contributed by atoms with Crippen LogP contribution in [0.15, 0.2) is 54.9 Å². The molecule has 40 heavy (non-hydrogen) atoms. The molecule has 1 aliphatic rings. The molecule has 0 radical (unpaired) electrons. The molecule has 0 aliphatic carbocycles. The lowest BCUT2D eigenvalue weighted by Crippen LogP contribution is -2.51. The number of aryl methyl sites for hydroxylation is 3. The van der Waals surface area contributed by atoms with E-state index in [-0.39, 0.29) is 19.1 Å². The molecule has 9 nitrogen and oxygen atoms in total. The quantitative estimate of drug-likeness (QED) is 0.344. The van der Waals surface area contributed by atoms with Crippen molar-refractivity contribution in [3.63, 3.8) is 0 Å². The second-order valence-electron chi connectivity index (χ2n) is 10.6. The van der Waals surface area contributed by atoms with Crippen molar-refractivity contribution in [1.29, 1.82) is 0 Å². The zero-order valence-electron chi connectivity index (χ0n) is 24.1. The van der Waals surface area contributed by atoms with Crippen LogP contribution in [0.4, 0.5) is 0 Å². The predicted molar refractivity (Wildman–Crippen MR) is 154 cm³/mol. The van der Waals surface area contributed by atoms with Crippen molar-refractivity contribution in [2.45, 2.75) is 52.3 Å². The molecular formula is C31H42N4O5. The second-order valence-corrected chi connectivity index (χ2v) is 10.6. The van der Waals surface area contributed by atoms with E-state index >= 15 is 0 Å². The number of rotatable bonds is 12. The molecule has 0 bridgehead atoms. The highest BCUT2D eigenvalue weighted by Gasteiger charge is 2.37. The number of carbonyl (C=O) groups excluding carboxylic acids is 1. The summed E-state index contributed by atoms with van der Waals surface area (Å²) in [5.74, 6) is 3.09. The van der Waals surface area contributed by atoms with E-state index in [1.807, 2.05) is 61.8 Å². The fourth-order valence-electron chi connectivity index (χ4n) is 5.05. The molecule has 0 spiro atoms. The van der Waals surface area contributed by atoms with E-state index in [2.05, 4.69) is 21.4 Å². The van der Waals surface area contributed by atoms with Crippen LogP contribution in [-0.2, 0) is 24.3 Å². The summed E-state index contributed by atoms with van der Waals surface area (Å²) in [6.07, 6.45) is 5.58. The third-order valence-electron chi connectivity index (χ3n) is 7.22. The zero-order chi connectivity index (χ0) is 28.5. The number of aromatic nitrogens is 2. The second kappa shape index (κ2) is 13.7. The Labute approximate surface area is 237 Å². The van der Waals surface area contributed by atoms with Crippen LogP contribution in [0, 0.1) is 6.92 Å². The summed E-state index contributed by atoms with van der Waals surface area (Å²) in [5.41, 5.74) is 0.960. The summed E-state index contributed by atoms with van der Waals surface area (Å²) in [7, 11) is 1.64. The van der Waals surface area contributed by atoms with E-state index in [1.54, 1.807) is 18.9 Å². The Kier molecular flexibility index (Phi) is 10.1. The molecule has 1 saturated heterocycles. The average molecular weight is 551 g/mol. The predicted octanol–water partition coefficient (Wildman–Crippen LogP) is 3.71. The lowest BCUT2D eigenvalue weighted by molar-refractivity contribution is -0.132. The van der Waals surface area contributed by atoms with E-state index in [4.69, 9.17) is 14.2 Å². The number of hydrogen-bond donors (Lipinski definition) is 1. The topological polar surface area (TPSA) is 89.3 Å². The van der Waals surface area contributed by atoms with Crippen LogP contribution >= 0.6 is 0 Å². The van der Waals surface area contributed by atoms with Gasteiger partial charge >= 0.3 is 0 Å². The molecule has 216 valence electrons. The first-order valence-corrected chi connectivity index (χ1v) is 14.0. The first kappa shape index (κ1) is 29.4. The van der Waals surface area contributed by atoms with Crippen LogP contribution in [0.25, 0.3) is 0 Å². The highest BCUT2D eigenvalue weighted by molar-refractivity contribution is 5.73. The largest absolute Gasteiger partial charge is 0.493 e. The highest BCUT2D eigenvalue weighted by atomic mass is 16.5. The molecule has 1 amide bonds. The van der Waals surface area contributed by atoms with Crippen LogP contribution in [0.5, 0.6) is 17.2 Å². The van der Waals surface area contributed by atoms with Gasteiger partial charge in [0, 0.05) is 58.5 Å². The number of amides is 1. The molecule has 4 rings (SSSR count). The van der Waals surface area contributed by atoms with E-state index in [0.29, 0.717) is 50.0 Å². The number of nitrogens with zero attached hydrogens (tertiary/aromatic N) is 4. The molecule has 0 saturated carbocycles. The maximum Gasteiger partial charge on any atom is 0.219 e. The molecular weight excluding hydrogens is 508 g/mol. The van der Waals surface area contributed by atoms with Crippen molar-refractivity contribution >= 4 is 5.91 Å². The van der Waals surface area contributed by atoms with Gasteiger partial charge in [-0.05, 0) is 43.2 Å². The van der Waals surface area contributed by atoms with Gasteiger partial charge in [-0.3, -0.25) is 9.69 Å². The highest BCUT2D eigenvalue weighted by Crippen LogP contribution is 2.29.